The van der Waals surface area contributed by atoms with Crippen LogP contribution in [-0.4, -0.2) is 31.5 Å². The quantitative estimate of drug-likeness (QED) is 0.848. The summed E-state index contributed by atoms with van der Waals surface area (Å²) in [6.45, 7) is 5.23. The number of Topliss-reactive ketones (excluding diaryl/α,β-unsaturated/α-hetero) is 1. The summed E-state index contributed by atoms with van der Waals surface area (Å²) in [7, 11) is 0. The largest absolute Gasteiger partial charge is 0.390 e. The zero-order chi connectivity index (χ0) is 14.8. The molecule has 0 saturated carbocycles. The molecule has 0 aliphatic heterocycles. The molecule has 0 radical (unpaired) electrons. The summed E-state index contributed by atoms with van der Waals surface area (Å²) in [6.07, 6.45) is 2.83. The molecule has 1 aromatic carbocycles. The van der Waals surface area contributed by atoms with Crippen molar-refractivity contribution in [2.75, 3.05) is 0 Å². The molecule has 1 heterocycles. The summed E-state index contributed by atoms with van der Waals surface area (Å²) in [5, 5.41) is 18.2. The first-order valence-corrected chi connectivity index (χ1v) is 6.67. The molecule has 0 unspecified atom stereocenters. The second-order valence-electron chi connectivity index (χ2n) is 5.26. The number of carbonyl (C=O) groups excluding carboxylic acids is 1. The number of benzene rings is 1. The Balaban J connectivity index is 2.32. The van der Waals surface area contributed by atoms with Crippen molar-refractivity contribution in [1.29, 1.82) is 0 Å². The number of para-hydroxylation sites is 1. The van der Waals surface area contributed by atoms with Gasteiger partial charge in [0.1, 0.15) is 0 Å². The van der Waals surface area contributed by atoms with Crippen molar-refractivity contribution in [3.63, 3.8) is 0 Å². The maximum absolute atomic E-state index is 11.6. The fraction of sp³-hybridized carbons (Fsp3) is 0.400. The summed E-state index contributed by atoms with van der Waals surface area (Å²) in [5.41, 5.74) is 1.22. The second kappa shape index (κ2) is 5.54. The van der Waals surface area contributed by atoms with Crippen molar-refractivity contribution in [3.05, 3.63) is 41.7 Å². The minimum atomic E-state index is -0.791. The summed E-state index contributed by atoms with van der Waals surface area (Å²) in [5.74, 6) is -0.0156. The summed E-state index contributed by atoms with van der Waals surface area (Å²) < 4.78 is 1.58. The molecule has 0 bridgehead atoms. The van der Waals surface area contributed by atoms with E-state index in [-0.39, 0.29) is 5.78 Å². The Morgan fingerprint density at radius 2 is 2.10 bits per heavy atom. The van der Waals surface area contributed by atoms with E-state index in [2.05, 4.69) is 10.3 Å². The standard InChI is InChI=1S/C15H19N3O2/c1-4-15(3,20)9-12-10-18(17-16-12)14-8-6-5-7-13(14)11(2)19/h5-8,10,20H,4,9H2,1-3H3/t15-/m0/s1. The lowest BCUT2D eigenvalue weighted by atomic mass is 9.98. The smallest absolute Gasteiger partial charge is 0.161 e. The first kappa shape index (κ1) is 14.4. The zero-order valence-corrected chi connectivity index (χ0v) is 12.0. The van der Waals surface area contributed by atoms with E-state index in [0.717, 1.165) is 0 Å². The van der Waals surface area contributed by atoms with Crippen LogP contribution < -0.4 is 0 Å². The van der Waals surface area contributed by atoms with E-state index in [0.29, 0.717) is 29.8 Å². The number of ketones is 1. The molecule has 1 N–H and O–H groups in total. The Kier molecular flexibility index (Phi) is 3.99. The fourth-order valence-corrected chi connectivity index (χ4v) is 1.98. The SMILES string of the molecule is CC[C@](C)(O)Cc1cn(-c2ccccc2C(C)=O)nn1. The zero-order valence-electron chi connectivity index (χ0n) is 12.0. The normalized spacial score (nSPS) is 14.0. The summed E-state index contributed by atoms with van der Waals surface area (Å²) in [6, 6.07) is 7.26. The Hall–Kier alpha value is -2.01. The number of nitrogens with zero attached hydrogens (tertiary/aromatic N) is 3. The van der Waals surface area contributed by atoms with Crippen molar-refractivity contribution in [2.45, 2.75) is 39.2 Å². The van der Waals surface area contributed by atoms with Gasteiger partial charge in [-0.15, -0.1) is 5.10 Å². The Morgan fingerprint density at radius 1 is 1.40 bits per heavy atom. The van der Waals surface area contributed by atoms with Crippen LogP contribution in [0.4, 0.5) is 0 Å². The van der Waals surface area contributed by atoms with E-state index in [1.807, 2.05) is 25.1 Å². The van der Waals surface area contributed by atoms with E-state index < -0.39 is 5.60 Å². The van der Waals surface area contributed by atoms with Gasteiger partial charge in [0.15, 0.2) is 5.78 Å². The van der Waals surface area contributed by atoms with Crippen molar-refractivity contribution in [3.8, 4) is 5.69 Å². The average molecular weight is 273 g/mol. The van der Waals surface area contributed by atoms with E-state index in [1.54, 1.807) is 23.9 Å². The molecule has 0 aliphatic rings. The van der Waals surface area contributed by atoms with Gasteiger partial charge in [-0.2, -0.15) is 0 Å². The molecule has 5 heteroatoms. The van der Waals surface area contributed by atoms with Crippen LogP contribution in [0.15, 0.2) is 30.5 Å². The molecular weight excluding hydrogens is 254 g/mol. The molecule has 0 fully saturated rings. The molecule has 5 nitrogen and oxygen atoms in total. The number of carbonyl (C=O) groups is 1. The number of aromatic nitrogens is 3. The van der Waals surface area contributed by atoms with Crippen LogP contribution in [0.25, 0.3) is 5.69 Å². The molecule has 1 atom stereocenters. The minimum Gasteiger partial charge on any atom is -0.390 e. The van der Waals surface area contributed by atoms with E-state index in [4.69, 9.17) is 0 Å². The third-order valence-electron chi connectivity index (χ3n) is 3.39. The fourth-order valence-electron chi connectivity index (χ4n) is 1.98. The van der Waals surface area contributed by atoms with E-state index in [9.17, 15) is 9.90 Å². The van der Waals surface area contributed by atoms with Gasteiger partial charge in [-0.25, -0.2) is 4.68 Å². The van der Waals surface area contributed by atoms with Crippen LogP contribution in [0, 0.1) is 0 Å². The Labute approximate surface area is 118 Å². The maximum atomic E-state index is 11.6. The van der Waals surface area contributed by atoms with Crippen LogP contribution in [0.3, 0.4) is 0 Å². The highest BCUT2D eigenvalue weighted by Crippen LogP contribution is 2.18. The molecule has 106 valence electrons. The van der Waals surface area contributed by atoms with Crippen LogP contribution in [0.2, 0.25) is 0 Å². The maximum Gasteiger partial charge on any atom is 0.161 e. The van der Waals surface area contributed by atoms with Gasteiger partial charge in [0, 0.05) is 12.0 Å². The van der Waals surface area contributed by atoms with Gasteiger partial charge in [-0.1, -0.05) is 24.3 Å². The van der Waals surface area contributed by atoms with Crippen LogP contribution in [0.5, 0.6) is 0 Å². The third-order valence-corrected chi connectivity index (χ3v) is 3.39. The van der Waals surface area contributed by atoms with Gasteiger partial charge in [0.25, 0.3) is 0 Å². The lowest BCUT2D eigenvalue weighted by Crippen LogP contribution is -2.25. The molecule has 0 spiro atoms. The van der Waals surface area contributed by atoms with Crippen LogP contribution >= 0.6 is 0 Å². The lowest BCUT2D eigenvalue weighted by Gasteiger charge is -2.18. The van der Waals surface area contributed by atoms with Gasteiger partial charge in [0.2, 0.25) is 0 Å². The van der Waals surface area contributed by atoms with E-state index >= 15 is 0 Å². The van der Waals surface area contributed by atoms with Gasteiger partial charge in [-0.05, 0) is 32.4 Å². The second-order valence-corrected chi connectivity index (χ2v) is 5.26. The molecule has 2 aromatic rings. The predicted octanol–water partition coefficient (Wildman–Crippen LogP) is 2.17. The minimum absolute atomic E-state index is 0.0156. The highest BCUT2D eigenvalue weighted by molar-refractivity contribution is 5.97. The molecule has 0 aliphatic carbocycles. The summed E-state index contributed by atoms with van der Waals surface area (Å²) >= 11 is 0. The lowest BCUT2D eigenvalue weighted by molar-refractivity contribution is 0.0554. The molecule has 20 heavy (non-hydrogen) atoms. The van der Waals surface area contributed by atoms with Crippen LogP contribution in [-0.2, 0) is 6.42 Å². The monoisotopic (exact) mass is 273 g/mol. The summed E-state index contributed by atoms with van der Waals surface area (Å²) in [4.78, 5) is 11.6. The van der Waals surface area contributed by atoms with Gasteiger partial charge < -0.3 is 5.11 Å². The van der Waals surface area contributed by atoms with Gasteiger partial charge >= 0.3 is 0 Å². The number of hydrogen-bond donors (Lipinski definition) is 1. The molecular formula is C15H19N3O2. The topological polar surface area (TPSA) is 68.0 Å². The van der Waals surface area contributed by atoms with Gasteiger partial charge in [-0.3, -0.25) is 4.79 Å². The molecule has 0 amide bonds. The van der Waals surface area contributed by atoms with Crippen molar-refractivity contribution < 1.29 is 9.90 Å². The average Bonchev–Trinajstić information content (AvgIpc) is 2.86. The predicted molar refractivity (Wildman–Crippen MR) is 76.0 cm³/mol. The molecule has 2 rings (SSSR count). The molecule has 1 aromatic heterocycles. The number of aliphatic hydroxyl groups is 1. The number of rotatable bonds is 5. The van der Waals surface area contributed by atoms with Crippen LogP contribution in [0.1, 0.15) is 43.2 Å². The first-order chi connectivity index (χ1) is 9.43. The van der Waals surface area contributed by atoms with Crippen molar-refractivity contribution in [2.24, 2.45) is 0 Å². The van der Waals surface area contributed by atoms with Crippen molar-refractivity contribution >= 4 is 5.78 Å². The van der Waals surface area contributed by atoms with Gasteiger partial charge in [0.05, 0.1) is 23.2 Å². The highest BCUT2D eigenvalue weighted by atomic mass is 16.3. The first-order valence-electron chi connectivity index (χ1n) is 6.67. The van der Waals surface area contributed by atoms with E-state index in [1.165, 1.54) is 6.92 Å². The molecule has 0 saturated heterocycles. The highest BCUT2D eigenvalue weighted by Gasteiger charge is 2.20. The Morgan fingerprint density at radius 3 is 2.75 bits per heavy atom. The number of hydrogen-bond acceptors (Lipinski definition) is 4. The Bertz CT molecular complexity index is 617. The van der Waals surface area contributed by atoms with Crippen molar-refractivity contribution in [1.82, 2.24) is 15.0 Å². The third kappa shape index (κ3) is 3.11.